The van der Waals surface area contributed by atoms with Gasteiger partial charge in [-0.25, -0.2) is 0 Å². The van der Waals surface area contributed by atoms with Crippen LogP contribution in [0.3, 0.4) is 0 Å². The minimum atomic E-state index is 0. The maximum atomic E-state index is 2.26. The zero-order chi connectivity index (χ0) is 6.24. The Kier molecular flexibility index (Phi) is 28.8. The number of rotatable bonds is 5. The van der Waals surface area contributed by atoms with Gasteiger partial charge in [-0.05, 0) is 0 Å². The molecule has 0 rings (SSSR count). The number of hydrogen-bond donors (Lipinski definition) is 0. The van der Waals surface area contributed by atoms with Crippen LogP contribution in [0, 0.1) is 0 Å². The first-order chi connectivity index (χ1) is 3.91. The van der Waals surface area contributed by atoms with Crippen molar-refractivity contribution in [3.05, 3.63) is 0 Å². The second-order valence-electron chi connectivity index (χ2n) is 2.41. The molecule has 0 saturated carbocycles. The minimum absolute atomic E-state index is 0. The Hall–Kier alpha value is 1.19. The average Bonchev–Trinajstić information content (AvgIpc) is 1.81. The Labute approximate surface area is 92.9 Å². The van der Waals surface area contributed by atoms with Crippen LogP contribution in [0.5, 0.6) is 0 Å². The molecule has 0 saturated heterocycles. The molecule has 0 aliphatic carbocycles. The van der Waals surface area contributed by atoms with Gasteiger partial charge in [0.05, 0.1) is 0 Å². The SMILES string of the molecule is CCCCCCCC.[H-].[H-].[Li+].[Li+]. The smallest absolute Gasteiger partial charge is 1.00 e. The summed E-state index contributed by atoms with van der Waals surface area (Å²) < 4.78 is 0. The molecule has 2 heteroatoms. The Balaban J connectivity index is -0.0000000408. The van der Waals surface area contributed by atoms with Crippen molar-refractivity contribution in [3.8, 4) is 0 Å². The van der Waals surface area contributed by atoms with Crippen LogP contribution in [-0.4, -0.2) is 0 Å². The molecule has 0 fully saturated rings. The Bertz CT molecular complexity index is 40.0. The zero-order valence-electron chi connectivity index (χ0n) is 10.2. The van der Waals surface area contributed by atoms with E-state index in [1.807, 2.05) is 0 Å². The van der Waals surface area contributed by atoms with Crippen molar-refractivity contribution in [1.82, 2.24) is 0 Å². The molecular weight excluding hydrogens is 110 g/mol. The normalized spacial score (nSPS) is 7.80. The van der Waals surface area contributed by atoms with Gasteiger partial charge >= 0.3 is 37.7 Å². The molecule has 10 heavy (non-hydrogen) atoms. The van der Waals surface area contributed by atoms with Crippen molar-refractivity contribution in [2.45, 2.75) is 52.4 Å². The van der Waals surface area contributed by atoms with Gasteiger partial charge in [-0.2, -0.15) is 0 Å². The van der Waals surface area contributed by atoms with Crippen LogP contribution in [0.4, 0.5) is 0 Å². The van der Waals surface area contributed by atoms with Crippen molar-refractivity contribution >= 4 is 0 Å². The van der Waals surface area contributed by atoms with Gasteiger partial charge in [0.25, 0.3) is 0 Å². The van der Waals surface area contributed by atoms with Gasteiger partial charge in [0.2, 0.25) is 0 Å². The summed E-state index contributed by atoms with van der Waals surface area (Å²) in [6, 6.07) is 0. The van der Waals surface area contributed by atoms with E-state index in [1.54, 1.807) is 0 Å². The van der Waals surface area contributed by atoms with Gasteiger partial charge in [-0.15, -0.1) is 0 Å². The standard InChI is InChI=1S/C8H18.2Li.2H/c1-3-5-7-8-6-4-2;;;;/h3-8H2,1-2H3;;;;/q;2*+1;2*-1. The molecule has 0 aliphatic rings. The molecule has 0 bridgehead atoms. The van der Waals surface area contributed by atoms with Crippen LogP contribution < -0.4 is 37.7 Å². The zero-order valence-corrected chi connectivity index (χ0v) is 8.24. The van der Waals surface area contributed by atoms with E-state index in [4.69, 9.17) is 0 Å². The fourth-order valence-corrected chi connectivity index (χ4v) is 0.854. The summed E-state index contributed by atoms with van der Waals surface area (Å²) in [5, 5.41) is 0. The van der Waals surface area contributed by atoms with E-state index in [-0.39, 0.29) is 40.6 Å². The van der Waals surface area contributed by atoms with Crippen LogP contribution in [-0.2, 0) is 0 Å². The van der Waals surface area contributed by atoms with Crippen molar-refractivity contribution in [2.75, 3.05) is 0 Å². The Morgan fingerprint density at radius 1 is 0.700 bits per heavy atom. The van der Waals surface area contributed by atoms with Crippen molar-refractivity contribution in [1.29, 1.82) is 0 Å². The van der Waals surface area contributed by atoms with Crippen LogP contribution in [0.15, 0.2) is 0 Å². The molecule has 0 heterocycles. The molecule has 0 spiro atoms. The molecule has 0 atom stereocenters. The van der Waals surface area contributed by atoms with Crippen LogP contribution in [0.2, 0.25) is 0 Å². The summed E-state index contributed by atoms with van der Waals surface area (Å²) in [7, 11) is 0. The molecule has 0 amide bonds. The molecule has 54 valence electrons. The van der Waals surface area contributed by atoms with E-state index in [0.717, 1.165) is 0 Å². The fraction of sp³-hybridized carbons (Fsp3) is 1.00. The maximum Gasteiger partial charge on any atom is 1.00 e. The predicted octanol–water partition coefficient (Wildman–Crippen LogP) is -2.40. The third-order valence-electron chi connectivity index (χ3n) is 1.46. The first kappa shape index (κ1) is 17.3. The maximum absolute atomic E-state index is 2.26. The molecule has 0 aromatic rings. The average molecular weight is 130 g/mol. The molecule has 0 radical (unpaired) electrons. The second kappa shape index (κ2) is 16.7. The first-order valence-electron chi connectivity index (χ1n) is 3.91. The van der Waals surface area contributed by atoms with Gasteiger partial charge in [0, 0.05) is 0 Å². The summed E-state index contributed by atoms with van der Waals surface area (Å²) in [6.07, 6.45) is 8.49. The van der Waals surface area contributed by atoms with Gasteiger partial charge in [-0.3, -0.25) is 0 Å². The van der Waals surface area contributed by atoms with E-state index in [9.17, 15) is 0 Å². The van der Waals surface area contributed by atoms with Crippen molar-refractivity contribution in [2.24, 2.45) is 0 Å². The largest absolute Gasteiger partial charge is 1.00 e. The van der Waals surface area contributed by atoms with Crippen LogP contribution in [0.25, 0.3) is 0 Å². The summed E-state index contributed by atoms with van der Waals surface area (Å²) >= 11 is 0. The van der Waals surface area contributed by atoms with Crippen LogP contribution in [0.1, 0.15) is 55.2 Å². The number of unbranched alkanes of at least 4 members (excludes halogenated alkanes) is 5. The van der Waals surface area contributed by atoms with E-state index in [2.05, 4.69) is 13.8 Å². The predicted molar refractivity (Wildman–Crippen MR) is 41.3 cm³/mol. The Morgan fingerprint density at radius 2 is 1.00 bits per heavy atom. The third-order valence-corrected chi connectivity index (χ3v) is 1.46. The topological polar surface area (TPSA) is 0 Å². The summed E-state index contributed by atoms with van der Waals surface area (Å²) in [6.45, 7) is 4.51. The van der Waals surface area contributed by atoms with Crippen molar-refractivity contribution < 1.29 is 40.6 Å². The molecule has 0 aromatic heterocycles. The molecular formula is C8H20Li2. The van der Waals surface area contributed by atoms with E-state index < -0.39 is 0 Å². The van der Waals surface area contributed by atoms with Gasteiger partial charge in [-0.1, -0.05) is 52.4 Å². The summed E-state index contributed by atoms with van der Waals surface area (Å²) in [5.41, 5.74) is 0. The molecule has 0 unspecified atom stereocenters. The second-order valence-corrected chi connectivity index (χ2v) is 2.41. The van der Waals surface area contributed by atoms with E-state index in [1.165, 1.54) is 38.5 Å². The first-order valence-corrected chi connectivity index (χ1v) is 3.91. The van der Waals surface area contributed by atoms with Crippen molar-refractivity contribution in [3.63, 3.8) is 0 Å². The minimum Gasteiger partial charge on any atom is -1.00 e. The summed E-state index contributed by atoms with van der Waals surface area (Å²) in [4.78, 5) is 0. The monoisotopic (exact) mass is 130 g/mol. The quantitative estimate of drug-likeness (QED) is 0.287. The number of hydrogen-bond acceptors (Lipinski definition) is 0. The van der Waals surface area contributed by atoms with Gasteiger partial charge < -0.3 is 2.85 Å². The molecule has 0 N–H and O–H groups in total. The van der Waals surface area contributed by atoms with E-state index >= 15 is 0 Å². The molecule has 0 aliphatic heterocycles. The van der Waals surface area contributed by atoms with Crippen LogP contribution >= 0.6 is 0 Å². The Morgan fingerprint density at radius 3 is 1.20 bits per heavy atom. The van der Waals surface area contributed by atoms with Gasteiger partial charge in [0.1, 0.15) is 0 Å². The molecule has 0 nitrogen and oxygen atoms in total. The third kappa shape index (κ3) is 16.1. The van der Waals surface area contributed by atoms with E-state index in [0.29, 0.717) is 0 Å². The van der Waals surface area contributed by atoms with Gasteiger partial charge in [0.15, 0.2) is 0 Å². The fourth-order valence-electron chi connectivity index (χ4n) is 0.854. The molecule has 0 aromatic carbocycles. The summed E-state index contributed by atoms with van der Waals surface area (Å²) in [5.74, 6) is 0.